The Morgan fingerprint density at radius 3 is 2.73 bits per heavy atom. The summed E-state index contributed by atoms with van der Waals surface area (Å²) in [4.78, 5) is 0. The maximum atomic E-state index is 11.9. The van der Waals surface area contributed by atoms with Crippen molar-refractivity contribution >= 4 is 10.0 Å². The average molecular weight is 232 g/mol. The lowest BCUT2D eigenvalue weighted by Crippen LogP contribution is -2.52. The monoisotopic (exact) mass is 232 g/mol. The highest BCUT2D eigenvalue weighted by atomic mass is 32.2. The molecular weight excluding hydrogens is 212 g/mol. The van der Waals surface area contributed by atoms with Gasteiger partial charge in [0.15, 0.2) is 0 Å². The van der Waals surface area contributed by atoms with E-state index >= 15 is 0 Å². The van der Waals surface area contributed by atoms with Gasteiger partial charge in [0.25, 0.3) is 0 Å². The molecule has 4 nitrogen and oxygen atoms in total. The molecule has 2 heterocycles. The van der Waals surface area contributed by atoms with Gasteiger partial charge in [0.1, 0.15) is 0 Å². The van der Waals surface area contributed by atoms with Gasteiger partial charge in [-0.3, -0.25) is 0 Å². The fraction of sp³-hybridized carbons (Fsp3) is 1.00. The van der Waals surface area contributed by atoms with Crippen molar-refractivity contribution in [1.29, 1.82) is 0 Å². The molecule has 2 rings (SSSR count). The first-order chi connectivity index (χ1) is 7.09. The van der Waals surface area contributed by atoms with Crippen LogP contribution < -0.4 is 5.32 Å². The molecule has 0 aliphatic carbocycles. The van der Waals surface area contributed by atoms with Crippen molar-refractivity contribution < 1.29 is 8.42 Å². The van der Waals surface area contributed by atoms with Crippen LogP contribution in [0.2, 0.25) is 0 Å². The SMILES string of the molecule is CC1CNCC(N2CCCCS2(=O)=O)C1. The quantitative estimate of drug-likeness (QED) is 0.712. The number of hydrogen-bond acceptors (Lipinski definition) is 3. The molecule has 2 unspecified atom stereocenters. The molecule has 88 valence electrons. The van der Waals surface area contributed by atoms with Crippen molar-refractivity contribution in [2.24, 2.45) is 5.92 Å². The Balaban J connectivity index is 2.07. The normalized spacial score (nSPS) is 37.7. The summed E-state index contributed by atoms with van der Waals surface area (Å²) in [6, 6.07) is 0.194. The molecule has 0 aromatic rings. The third-order valence-electron chi connectivity index (χ3n) is 3.34. The maximum Gasteiger partial charge on any atom is 0.214 e. The van der Waals surface area contributed by atoms with E-state index in [4.69, 9.17) is 0 Å². The molecule has 1 N–H and O–H groups in total. The molecule has 2 aliphatic heterocycles. The Morgan fingerprint density at radius 2 is 2.07 bits per heavy atom. The summed E-state index contributed by atoms with van der Waals surface area (Å²) in [6.45, 7) is 4.74. The molecule has 0 aromatic heterocycles. The van der Waals surface area contributed by atoms with Gasteiger partial charge in [-0.2, -0.15) is 4.31 Å². The molecule has 0 aromatic carbocycles. The van der Waals surface area contributed by atoms with E-state index in [1.165, 1.54) is 0 Å². The minimum absolute atomic E-state index is 0.194. The highest BCUT2D eigenvalue weighted by molar-refractivity contribution is 7.89. The number of hydrogen-bond donors (Lipinski definition) is 1. The van der Waals surface area contributed by atoms with E-state index in [9.17, 15) is 8.42 Å². The largest absolute Gasteiger partial charge is 0.315 e. The Bertz CT molecular complexity index is 315. The van der Waals surface area contributed by atoms with Crippen LogP contribution in [0.1, 0.15) is 26.2 Å². The number of nitrogens with one attached hydrogen (secondary N) is 1. The van der Waals surface area contributed by atoms with E-state index in [2.05, 4.69) is 12.2 Å². The predicted molar refractivity (Wildman–Crippen MR) is 60.2 cm³/mol. The minimum atomic E-state index is -2.95. The molecule has 2 atom stereocenters. The summed E-state index contributed by atoms with van der Waals surface area (Å²) in [7, 11) is -2.95. The van der Waals surface area contributed by atoms with Gasteiger partial charge in [0.2, 0.25) is 10.0 Å². The maximum absolute atomic E-state index is 11.9. The Labute approximate surface area is 92.1 Å². The van der Waals surface area contributed by atoms with Crippen LogP contribution in [0, 0.1) is 5.92 Å². The zero-order valence-electron chi connectivity index (χ0n) is 9.28. The molecule has 0 saturated carbocycles. The van der Waals surface area contributed by atoms with Crippen molar-refractivity contribution in [1.82, 2.24) is 9.62 Å². The van der Waals surface area contributed by atoms with Crippen LogP contribution in [-0.4, -0.2) is 44.2 Å². The van der Waals surface area contributed by atoms with Crippen LogP contribution in [0.3, 0.4) is 0 Å². The van der Waals surface area contributed by atoms with Gasteiger partial charge < -0.3 is 5.32 Å². The first kappa shape index (κ1) is 11.4. The Kier molecular flexibility index (Phi) is 3.33. The van der Waals surface area contributed by atoms with E-state index in [1.807, 2.05) is 0 Å². The fourth-order valence-corrected chi connectivity index (χ4v) is 4.39. The lowest BCUT2D eigenvalue weighted by Gasteiger charge is -2.38. The van der Waals surface area contributed by atoms with Crippen LogP contribution in [-0.2, 0) is 10.0 Å². The molecule has 2 fully saturated rings. The number of nitrogens with zero attached hydrogens (tertiary/aromatic N) is 1. The van der Waals surface area contributed by atoms with Gasteiger partial charge >= 0.3 is 0 Å². The number of sulfonamides is 1. The van der Waals surface area contributed by atoms with Gasteiger partial charge in [-0.1, -0.05) is 6.92 Å². The number of rotatable bonds is 1. The number of piperidine rings is 1. The molecular formula is C10H20N2O2S. The fourth-order valence-electron chi connectivity index (χ4n) is 2.57. The third kappa shape index (κ3) is 2.52. The highest BCUT2D eigenvalue weighted by Gasteiger charge is 2.34. The lowest BCUT2D eigenvalue weighted by atomic mass is 9.97. The summed E-state index contributed by atoms with van der Waals surface area (Å²) < 4.78 is 25.5. The van der Waals surface area contributed by atoms with Crippen LogP contribution in [0.25, 0.3) is 0 Å². The van der Waals surface area contributed by atoms with Crippen LogP contribution in [0.15, 0.2) is 0 Å². The standard InChI is InChI=1S/C10H20N2O2S/c1-9-6-10(8-11-7-9)12-4-2-3-5-15(12,13)14/h9-11H,2-8H2,1H3. The average Bonchev–Trinajstić information content (AvgIpc) is 2.17. The third-order valence-corrected chi connectivity index (χ3v) is 5.34. The molecule has 0 amide bonds. The summed E-state index contributed by atoms with van der Waals surface area (Å²) in [5.41, 5.74) is 0. The first-order valence-electron chi connectivity index (χ1n) is 5.80. The molecule has 15 heavy (non-hydrogen) atoms. The van der Waals surface area contributed by atoms with E-state index in [0.29, 0.717) is 11.7 Å². The van der Waals surface area contributed by atoms with Crippen molar-refractivity contribution in [3.8, 4) is 0 Å². The second kappa shape index (κ2) is 4.39. The summed E-state index contributed by atoms with van der Waals surface area (Å²) >= 11 is 0. The van der Waals surface area contributed by atoms with Gasteiger partial charge in [-0.05, 0) is 31.7 Å². The van der Waals surface area contributed by atoms with E-state index in [1.54, 1.807) is 4.31 Å². The second-order valence-corrected chi connectivity index (χ2v) is 6.83. The zero-order valence-corrected chi connectivity index (χ0v) is 10.1. The van der Waals surface area contributed by atoms with Crippen LogP contribution in [0.4, 0.5) is 0 Å². The molecule has 5 heteroatoms. The van der Waals surface area contributed by atoms with Crippen molar-refractivity contribution in [2.45, 2.75) is 32.2 Å². The van der Waals surface area contributed by atoms with Crippen molar-refractivity contribution in [2.75, 3.05) is 25.4 Å². The molecule has 2 aliphatic rings. The highest BCUT2D eigenvalue weighted by Crippen LogP contribution is 2.22. The topological polar surface area (TPSA) is 49.4 Å². The van der Waals surface area contributed by atoms with E-state index in [0.717, 1.165) is 38.9 Å². The molecule has 0 spiro atoms. The summed E-state index contributed by atoms with van der Waals surface area (Å²) in [6.07, 6.45) is 2.85. The van der Waals surface area contributed by atoms with Crippen molar-refractivity contribution in [3.05, 3.63) is 0 Å². The van der Waals surface area contributed by atoms with E-state index < -0.39 is 10.0 Å². The van der Waals surface area contributed by atoms with Crippen molar-refractivity contribution in [3.63, 3.8) is 0 Å². The van der Waals surface area contributed by atoms with E-state index in [-0.39, 0.29) is 6.04 Å². The molecule has 2 saturated heterocycles. The zero-order chi connectivity index (χ0) is 10.9. The Hall–Kier alpha value is -0.130. The van der Waals surface area contributed by atoms with Crippen LogP contribution in [0.5, 0.6) is 0 Å². The van der Waals surface area contributed by atoms with Gasteiger partial charge in [0, 0.05) is 19.1 Å². The summed E-state index contributed by atoms with van der Waals surface area (Å²) in [5.74, 6) is 0.929. The smallest absolute Gasteiger partial charge is 0.214 e. The van der Waals surface area contributed by atoms with Gasteiger partial charge in [-0.25, -0.2) is 8.42 Å². The summed E-state index contributed by atoms with van der Waals surface area (Å²) in [5, 5.41) is 3.31. The Morgan fingerprint density at radius 1 is 1.27 bits per heavy atom. The first-order valence-corrected chi connectivity index (χ1v) is 7.41. The minimum Gasteiger partial charge on any atom is -0.315 e. The molecule has 0 radical (unpaired) electrons. The predicted octanol–water partition coefficient (Wildman–Crippen LogP) is 0.410. The van der Waals surface area contributed by atoms with Crippen LogP contribution >= 0.6 is 0 Å². The van der Waals surface area contributed by atoms with Gasteiger partial charge in [-0.15, -0.1) is 0 Å². The van der Waals surface area contributed by atoms with Gasteiger partial charge in [0.05, 0.1) is 5.75 Å². The lowest BCUT2D eigenvalue weighted by molar-refractivity contribution is 0.221. The molecule has 0 bridgehead atoms. The second-order valence-electron chi connectivity index (χ2n) is 4.79.